The van der Waals surface area contributed by atoms with Gasteiger partial charge in [-0.2, -0.15) is 0 Å². The van der Waals surface area contributed by atoms with Gasteiger partial charge in [0.2, 0.25) is 0 Å². The molecular formula is C22H18N4OS. The van der Waals surface area contributed by atoms with Gasteiger partial charge < -0.3 is 4.57 Å². The number of hydrogen-bond donors (Lipinski definition) is 1. The number of benzene rings is 1. The Bertz CT molecular complexity index is 1330. The van der Waals surface area contributed by atoms with Gasteiger partial charge in [0.05, 0.1) is 22.0 Å². The maximum Gasteiger partial charge on any atom is 0.273 e. The molecule has 5 nitrogen and oxygen atoms in total. The normalized spacial score (nSPS) is 11.4. The zero-order valence-corrected chi connectivity index (χ0v) is 16.3. The van der Waals surface area contributed by atoms with Crippen LogP contribution in [-0.4, -0.2) is 19.2 Å². The van der Waals surface area contributed by atoms with Crippen LogP contribution in [0, 0.1) is 13.8 Å². The van der Waals surface area contributed by atoms with Gasteiger partial charge in [-0.25, -0.2) is 9.50 Å². The highest BCUT2D eigenvalue weighted by Gasteiger charge is 2.16. The molecular weight excluding hydrogens is 368 g/mol. The monoisotopic (exact) mass is 386 g/mol. The largest absolute Gasteiger partial charge is 0.317 e. The first-order valence-electron chi connectivity index (χ1n) is 9.03. The maximum absolute atomic E-state index is 12.7. The first-order valence-corrected chi connectivity index (χ1v) is 9.91. The Morgan fingerprint density at radius 2 is 1.71 bits per heavy atom. The molecule has 4 heterocycles. The van der Waals surface area contributed by atoms with Crippen molar-refractivity contribution in [2.45, 2.75) is 13.8 Å². The third-order valence-corrected chi connectivity index (χ3v) is 5.86. The number of fused-ring (bicyclic) bond motifs is 1. The second-order valence-corrected chi connectivity index (χ2v) is 7.71. The van der Waals surface area contributed by atoms with Crippen LogP contribution in [0.2, 0.25) is 0 Å². The summed E-state index contributed by atoms with van der Waals surface area (Å²) >= 11 is 1.64. The molecule has 0 radical (unpaired) electrons. The lowest BCUT2D eigenvalue weighted by atomic mass is 10.1. The van der Waals surface area contributed by atoms with Gasteiger partial charge in [0, 0.05) is 29.1 Å². The van der Waals surface area contributed by atoms with Crippen molar-refractivity contribution in [2.24, 2.45) is 0 Å². The zero-order chi connectivity index (χ0) is 19.3. The van der Waals surface area contributed by atoms with E-state index in [9.17, 15) is 4.79 Å². The Labute approximate surface area is 165 Å². The van der Waals surface area contributed by atoms with Gasteiger partial charge in [0.25, 0.3) is 5.56 Å². The Morgan fingerprint density at radius 1 is 0.964 bits per heavy atom. The molecule has 4 aromatic heterocycles. The molecule has 0 aliphatic heterocycles. The molecule has 0 fully saturated rings. The summed E-state index contributed by atoms with van der Waals surface area (Å²) in [5.74, 6) is 0. The number of nitrogens with one attached hydrogen (secondary N) is 1. The molecule has 0 saturated heterocycles. The van der Waals surface area contributed by atoms with Crippen molar-refractivity contribution in [1.29, 1.82) is 0 Å². The molecule has 0 unspecified atom stereocenters. The van der Waals surface area contributed by atoms with Crippen molar-refractivity contribution in [3.63, 3.8) is 0 Å². The first-order chi connectivity index (χ1) is 13.6. The summed E-state index contributed by atoms with van der Waals surface area (Å²) in [6.07, 6.45) is 0. The molecule has 5 aromatic rings. The van der Waals surface area contributed by atoms with E-state index in [2.05, 4.69) is 47.1 Å². The number of thiophene rings is 1. The van der Waals surface area contributed by atoms with Crippen LogP contribution in [0.1, 0.15) is 11.4 Å². The van der Waals surface area contributed by atoms with E-state index in [0.717, 1.165) is 21.8 Å². The minimum atomic E-state index is -0.124. The highest BCUT2D eigenvalue weighted by Crippen LogP contribution is 2.33. The number of nitrogens with zero attached hydrogens (tertiary/aromatic N) is 3. The molecule has 1 aromatic carbocycles. The van der Waals surface area contributed by atoms with E-state index in [1.807, 2.05) is 36.4 Å². The summed E-state index contributed by atoms with van der Waals surface area (Å²) in [6, 6.07) is 19.6. The third kappa shape index (κ3) is 2.61. The molecule has 0 spiro atoms. The van der Waals surface area contributed by atoms with E-state index < -0.39 is 0 Å². The van der Waals surface area contributed by atoms with Crippen LogP contribution >= 0.6 is 11.3 Å². The molecule has 28 heavy (non-hydrogen) atoms. The van der Waals surface area contributed by atoms with E-state index in [4.69, 9.17) is 4.98 Å². The lowest BCUT2D eigenvalue weighted by molar-refractivity contribution is 0.903. The SMILES string of the molecule is Cc1ccc(C)n1-c1ccsc1-c1cc2nc(-c3ccccc3)cc(=O)n2[nH]1. The van der Waals surface area contributed by atoms with E-state index in [-0.39, 0.29) is 5.56 Å². The molecule has 0 saturated carbocycles. The topological polar surface area (TPSA) is 55.1 Å². The standard InChI is InChI=1S/C22H18N4OS/c1-14-8-9-15(2)25(14)19-10-11-28-22(19)18-12-20-23-17(13-21(27)26(20)24-18)16-6-4-3-5-7-16/h3-13,24H,1-2H3. The Hall–Kier alpha value is -3.38. The van der Waals surface area contributed by atoms with Crippen molar-refractivity contribution in [3.8, 4) is 27.5 Å². The predicted molar refractivity (Wildman–Crippen MR) is 113 cm³/mol. The van der Waals surface area contributed by atoms with E-state index in [1.54, 1.807) is 17.4 Å². The van der Waals surface area contributed by atoms with Gasteiger partial charge in [-0.15, -0.1) is 11.3 Å². The average molecular weight is 386 g/mol. The molecule has 0 bridgehead atoms. The number of H-pyrrole nitrogens is 1. The van der Waals surface area contributed by atoms with Crippen LogP contribution in [0.5, 0.6) is 0 Å². The van der Waals surface area contributed by atoms with Crippen LogP contribution in [-0.2, 0) is 0 Å². The second-order valence-electron chi connectivity index (χ2n) is 6.80. The highest BCUT2D eigenvalue weighted by atomic mass is 32.1. The van der Waals surface area contributed by atoms with Crippen molar-refractivity contribution in [2.75, 3.05) is 0 Å². The van der Waals surface area contributed by atoms with Crippen LogP contribution in [0.25, 0.3) is 33.2 Å². The van der Waals surface area contributed by atoms with E-state index >= 15 is 0 Å². The van der Waals surface area contributed by atoms with Gasteiger partial charge in [-0.3, -0.25) is 9.89 Å². The van der Waals surface area contributed by atoms with E-state index in [0.29, 0.717) is 11.3 Å². The van der Waals surface area contributed by atoms with Crippen molar-refractivity contribution >= 4 is 17.0 Å². The maximum atomic E-state index is 12.7. The summed E-state index contributed by atoms with van der Waals surface area (Å²) in [5, 5.41) is 5.30. The number of aryl methyl sites for hydroxylation is 2. The van der Waals surface area contributed by atoms with Crippen LogP contribution in [0.3, 0.4) is 0 Å². The molecule has 138 valence electrons. The third-order valence-electron chi connectivity index (χ3n) is 4.92. The van der Waals surface area contributed by atoms with Crippen molar-refractivity contribution in [1.82, 2.24) is 19.2 Å². The summed E-state index contributed by atoms with van der Waals surface area (Å²) in [7, 11) is 0. The molecule has 0 aliphatic rings. The Balaban J connectivity index is 1.68. The summed E-state index contributed by atoms with van der Waals surface area (Å²) in [4.78, 5) is 18.4. The molecule has 6 heteroatoms. The summed E-state index contributed by atoms with van der Waals surface area (Å²) in [5.41, 5.74) is 6.44. The fraction of sp³-hybridized carbons (Fsp3) is 0.0909. The smallest absolute Gasteiger partial charge is 0.273 e. The lowest BCUT2D eigenvalue weighted by Gasteiger charge is -2.09. The number of aromatic amines is 1. The fourth-order valence-electron chi connectivity index (χ4n) is 3.59. The Kier molecular flexibility index (Phi) is 3.80. The van der Waals surface area contributed by atoms with Gasteiger partial charge >= 0.3 is 0 Å². The minimum absolute atomic E-state index is 0.124. The van der Waals surface area contributed by atoms with Crippen LogP contribution in [0.4, 0.5) is 0 Å². The molecule has 0 atom stereocenters. The number of rotatable bonds is 3. The lowest BCUT2D eigenvalue weighted by Crippen LogP contribution is -2.14. The molecule has 1 N–H and O–H groups in total. The second kappa shape index (κ2) is 6.35. The first kappa shape index (κ1) is 16.8. The highest BCUT2D eigenvalue weighted by molar-refractivity contribution is 7.14. The van der Waals surface area contributed by atoms with Gasteiger partial charge in [0.15, 0.2) is 5.65 Å². The molecule has 5 rings (SSSR count). The number of hydrogen-bond acceptors (Lipinski definition) is 3. The fourth-order valence-corrected chi connectivity index (χ4v) is 4.44. The van der Waals surface area contributed by atoms with E-state index in [1.165, 1.54) is 15.9 Å². The summed E-state index contributed by atoms with van der Waals surface area (Å²) in [6.45, 7) is 4.19. The van der Waals surface area contributed by atoms with Crippen LogP contribution in [0.15, 0.2) is 70.8 Å². The number of aromatic nitrogens is 4. The van der Waals surface area contributed by atoms with Gasteiger partial charge in [0.1, 0.15) is 0 Å². The van der Waals surface area contributed by atoms with Crippen molar-refractivity contribution in [3.05, 3.63) is 87.8 Å². The minimum Gasteiger partial charge on any atom is -0.317 e. The zero-order valence-electron chi connectivity index (χ0n) is 15.5. The average Bonchev–Trinajstić information content (AvgIpc) is 3.41. The molecule has 0 aliphatic carbocycles. The predicted octanol–water partition coefficient (Wildman–Crippen LogP) is 4.83. The van der Waals surface area contributed by atoms with Gasteiger partial charge in [-0.1, -0.05) is 30.3 Å². The molecule has 0 amide bonds. The van der Waals surface area contributed by atoms with Gasteiger partial charge in [-0.05, 0) is 37.4 Å². The van der Waals surface area contributed by atoms with Crippen molar-refractivity contribution < 1.29 is 0 Å². The Morgan fingerprint density at radius 3 is 2.46 bits per heavy atom. The summed E-state index contributed by atoms with van der Waals surface area (Å²) < 4.78 is 3.73. The van der Waals surface area contributed by atoms with Crippen LogP contribution < -0.4 is 5.56 Å². The quantitative estimate of drug-likeness (QED) is 0.483.